The topological polar surface area (TPSA) is 41.5 Å². The second kappa shape index (κ2) is 4.21. The van der Waals surface area contributed by atoms with Crippen LogP contribution < -0.4 is 5.48 Å². The van der Waals surface area contributed by atoms with E-state index in [0.717, 1.165) is 32.3 Å². The van der Waals surface area contributed by atoms with E-state index in [2.05, 4.69) is 12.4 Å². The van der Waals surface area contributed by atoms with Crippen LogP contribution in [0, 0.1) is 0 Å². The van der Waals surface area contributed by atoms with E-state index in [4.69, 9.17) is 9.94 Å². The van der Waals surface area contributed by atoms with Crippen LogP contribution in [-0.4, -0.2) is 23.5 Å². The largest absolute Gasteiger partial charge is 0.379 e. The van der Waals surface area contributed by atoms with E-state index < -0.39 is 0 Å². The van der Waals surface area contributed by atoms with Crippen LogP contribution in [0.2, 0.25) is 0 Å². The van der Waals surface area contributed by atoms with E-state index >= 15 is 0 Å². The quantitative estimate of drug-likeness (QED) is 0.638. The molecule has 1 rings (SSSR count). The normalized spacial score (nSPS) is 36.8. The van der Waals surface area contributed by atoms with Crippen molar-refractivity contribution in [2.45, 2.75) is 51.2 Å². The summed E-state index contributed by atoms with van der Waals surface area (Å²) in [6.07, 6.45) is 4.51. The Labute approximate surface area is 74.1 Å². The van der Waals surface area contributed by atoms with Crippen LogP contribution in [0.1, 0.15) is 39.5 Å². The van der Waals surface area contributed by atoms with E-state index in [1.165, 1.54) is 0 Å². The first-order valence-corrected chi connectivity index (χ1v) is 4.73. The molecule has 3 nitrogen and oxygen atoms in total. The summed E-state index contributed by atoms with van der Waals surface area (Å²) in [6, 6.07) is 0. The second-order valence-corrected chi connectivity index (χ2v) is 3.83. The summed E-state index contributed by atoms with van der Waals surface area (Å²) < 4.78 is 5.51. The minimum absolute atomic E-state index is 0.0758. The highest BCUT2D eigenvalue weighted by Crippen LogP contribution is 2.28. The van der Waals surface area contributed by atoms with Crippen molar-refractivity contribution in [2.75, 3.05) is 6.61 Å². The number of nitrogens with one attached hydrogen (secondary N) is 1. The van der Waals surface area contributed by atoms with Crippen LogP contribution in [0.3, 0.4) is 0 Å². The Morgan fingerprint density at radius 1 is 1.50 bits per heavy atom. The van der Waals surface area contributed by atoms with E-state index in [9.17, 15) is 0 Å². The van der Waals surface area contributed by atoms with Gasteiger partial charge in [-0.1, -0.05) is 0 Å². The van der Waals surface area contributed by atoms with Gasteiger partial charge in [-0.15, -0.1) is 0 Å². The van der Waals surface area contributed by atoms with Crippen molar-refractivity contribution in [1.82, 2.24) is 5.48 Å². The third-order valence-corrected chi connectivity index (χ3v) is 2.71. The summed E-state index contributed by atoms with van der Waals surface area (Å²) in [6.45, 7) is 4.88. The van der Waals surface area contributed by atoms with E-state index in [1.54, 1.807) is 0 Å². The molecular formula is C9H19NO2. The Hall–Kier alpha value is -0.120. The Balaban J connectivity index is 2.29. The van der Waals surface area contributed by atoms with Crippen molar-refractivity contribution in [2.24, 2.45) is 0 Å². The molecule has 0 heterocycles. The zero-order valence-electron chi connectivity index (χ0n) is 7.97. The Bertz CT molecular complexity index is 130. The lowest BCUT2D eigenvalue weighted by molar-refractivity contribution is -0.0165. The Morgan fingerprint density at radius 2 is 2.08 bits per heavy atom. The SMILES string of the molecule is CCOC1CCC(C)(NO)CC1. The minimum atomic E-state index is -0.0758. The molecule has 0 spiro atoms. The lowest BCUT2D eigenvalue weighted by Crippen LogP contribution is -2.44. The molecule has 0 aliphatic heterocycles. The van der Waals surface area contributed by atoms with Gasteiger partial charge in [-0.25, -0.2) is 0 Å². The van der Waals surface area contributed by atoms with Crippen LogP contribution in [0.15, 0.2) is 0 Å². The second-order valence-electron chi connectivity index (χ2n) is 3.83. The number of rotatable bonds is 3. The molecule has 1 saturated carbocycles. The smallest absolute Gasteiger partial charge is 0.0576 e. The fourth-order valence-electron chi connectivity index (χ4n) is 1.74. The third kappa shape index (κ3) is 2.44. The molecule has 0 radical (unpaired) electrons. The molecule has 0 aromatic carbocycles. The number of hydrogen-bond acceptors (Lipinski definition) is 3. The van der Waals surface area contributed by atoms with Gasteiger partial charge in [0.15, 0.2) is 0 Å². The van der Waals surface area contributed by atoms with E-state index in [0.29, 0.717) is 6.10 Å². The number of hydrogen-bond donors (Lipinski definition) is 2. The highest BCUT2D eigenvalue weighted by molar-refractivity contribution is 4.86. The fraction of sp³-hybridized carbons (Fsp3) is 1.00. The predicted octanol–water partition coefficient (Wildman–Crippen LogP) is 1.70. The first kappa shape index (κ1) is 9.96. The Kier molecular flexibility index (Phi) is 3.50. The van der Waals surface area contributed by atoms with Gasteiger partial charge in [-0.3, -0.25) is 0 Å². The summed E-state index contributed by atoms with van der Waals surface area (Å²) in [5, 5.41) is 8.88. The average molecular weight is 173 g/mol. The molecule has 0 aromatic rings. The summed E-state index contributed by atoms with van der Waals surface area (Å²) in [5.74, 6) is 0. The van der Waals surface area contributed by atoms with Crippen LogP contribution in [0.4, 0.5) is 0 Å². The highest BCUT2D eigenvalue weighted by Gasteiger charge is 2.30. The van der Waals surface area contributed by atoms with E-state index in [-0.39, 0.29) is 5.54 Å². The van der Waals surface area contributed by atoms with Gasteiger partial charge in [0.25, 0.3) is 0 Å². The van der Waals surface area contributed by atoms with Crippen molar-refractivity contribution in [3.8, 4) is 0 Å². The van der Waals surface area contributed by atoms with Crippen molar-refractivity contribution in [1.29, 1.82) is 0 Å². The van der Waals surface area contributed by atoms with Crippen molar-refractivity contribution in [3.63, 3.8) is 0 Å². The molecule has 1 fully saturated rings. The molecule has 2 N–H and O–H groups in total. The van der Waals surface area contributed by atoms with Crippen LogP contribution in [0.5, 0.6) is 0 Å². The zero-order chi connectivity index (χ0) is 9.03. The predicted molar refractivity (Wildman–Crippen MR) is 47.2 cm³/mol. The molecule has 1 aliphatic carbocycles. The summed E-state index contributed by atoms with van der Waals surface area (Å²) >= 11 is 0. The van der Waals surface area contributed by atoms with Crippen LogP contribution in [-0.2, 0) is 4.74 Å². The molecular weight excluding hydrogens is 154 g/mol. The van der Waals surface area contributed by atoms with Crippen molar-refractivity contribution in [3.05, 3.63) is 0 Å². The monoisotopic (exact) mass is 173 g/mol. The van der Waals surface area contributed by atoms with E-state index in [1.807, 2.05) is 6.92 Å². The summed E-state index contributed by atoms with van der Waals surface area (Å²) in [4.78, 5) is 0. The molecule has 0 saturated heterocycles. The molecule has 12 heavy (non-hydrogen) atoms. The maximum atomic E-state index is 8.88. The molecule has 72 valence electrons. The first-order valence-electron chi connectivity index (χ1n) is 4.73. The van der Waals surface area contributed by atoms with Gasteiger partial charge in [0.2, 0.25) is 0 Å². The molecule has 1 aliphatic rings. The van der Waals surface area contributed by atoms with Crippen LogP contribution in [0.25, 0.3) is 0 Å². The highest BCUT2D eigenvalue weighted by atomic mass is 16.5. The molecule has 0 unspecified atom stereocenters. The van der Waals surface area contributed by atoms with Gasteiger partial charge >= 0.3 is 0 Å². The van der Waals surface area contributed by atoms with Crippen molar-refractivity contribution < 1.29 is 9.94 Å². The molecule has 0 atom stereocenters. The fourth-order valence-corrected chi connectivity index (χ4v) is 1.74. The Morgan fingerprint density at radius 3 is 2.50 bits per heavy atom. The number of ether oxygens (including phenoxy) is 1. The maximum Gasteiger partial charge on any atom is 0.0576 e. The standard InChI is InChI=1S/C9H19NO2/c1-3-12-8-4-6-9(2,10-11)7-5-8/h8,10-11H,3-7H2,1-2H3. The van der Waals surface area contributed by atoms with Gasteiger partial charge in [0.1, 0.15) is 0 Å². The lowest BCUT2D eigenvalue weighted by atomic mass is 9.82. The maximum absolute atomic E-state index is 8.88. The van der Waals surface area contributed by atoms with Gasteiger partial charge < -0.3 is 9.94 Å². The van der Waals surface area contributed by atoms with Gasteiger partial charge in [0, 0.05) is 12.1 Å². The number of hydroxylamine groups is 1. The molecule has 3 heteroatoms. The average Bonchev–Trinajstić information content (AvgIpc) is 2.10. The molecule has 0 amide bonds. The molecule has 0 bridgehead atoms. The van der Waals surface area contributed by atoms with Gasteiger partial charge in [0.05, 0.1) is 6.10 Å². The first-order chi connectivity index (χ1) is 5.70. The zero-order valence-corrected chi connectivity index (χ0v) is 7.97. The minimum Gasteiger partial charge on any atom is -0.379 e. The van der Waals surface area contributed by atoms with Crippen LogP contribution >= 0.6 is 0 Å². The molecule has 0 aromatic heterocycles. The van der Waals surface area contributed by atoms with Gasteiger partial charge in [-0.2, -0.15) is 5.48 Å². The summed E-state index contributed by atoms with van der Waals surface area (Å²) in [5.41, 5.74) is 2.31. The van der Waals surface area contributed by atoms with Gasteiger partial charge in [-0.05, 0) is 39.5 Å². The lowest BCUT2D eigenvalue weighted by Gasteiger charge is -2.35. The summed E-state index contributed by atoms with van der Waals surface area (Å²) in [7, 11) is 0. The third-order valence-electron chi connectivity index (χ3n) is 2.71. The van der Waals surface area contributed by atoms with Crippen molar-refractivity contribution >= 4 is 0 Å².